The molecule has 4 nitrogen and oxygen atoms in total. The minimum absolute atomic E-state index is 0.0649. The van der Waals surface area contributed by atoms with E-state index in [2.05, 4.69) is 10.6 Å². The number of amides is 1. The molecule has 0 radical (unpaired) electrons. The molecule has 118 valence electrons. The Morgan fingerprint density at radius 3 is 2.38 bits per heavy atom. The molecule has 5 aliphatic rings. The molecule has 5 fully saturated rings. The van der Waals surface area contributed by atoms with Crippen molar-refractivity contribution in [2.75, 3.05) is 26.2 Å². The van der Waals surface area contributed by atoms with E-state index in [-0.39, 0.29) is 12.0 Å². The lowest BCUT2D eigenvalue weighted by Crippen LogP contribution is -2.51. The molecule has 1 unspecified atom stereocenters. The van der Waals surface area contributed by atoms with Crippen molar-refractivity contribution < 1.29 is 9.53 Å². The molecule has 1 heterocycles. The fourth-order valence-electron chi connectivity index (χ4n) is 5.82. The van der Waals surface area contributed by atoms with Gasteiger partial charge in [0.25, 0.3) is 0 Å². The van der Waals surface area contributed by atoms with Gasteiger partial charge in [0.1, 0.15) is 0 Å². The number of carbonyl (C=O) groups is 1. The van der Waals surface area contributed by atoms with Gasteiger partial charge < -0.3 is 15.4 Å². The summed E-state index contributed by atoms with van der Waals surface area (Å²) in [6.45, 7) is 3.36. The van der Waals surface area contributed by atoms with Crippen molar-refractivity contribution in [2.24, 2.45) is 23.2 Å². The van der Waals surface area contributed by atoms with Crippen molar-refractivity contribution in [3.05, 3.63) is 0 Å². The first kappa shape index (κ1) is 14.0. The number of hydrogen-bond donors (Lipinski definition) is 2. The summed E-state index contributed by atoms with van der Waals surface area (Å²) in [7, 11) is 0. The van der Waals surface area contributed by atoms with Gasteiger partial charge in [-0.15, -0.1) is 0 Å². The Balaban J connectivity index is 1.29. The molecule has 1 saturated heterocycles. The van der Waals surface area contributed by atoms with Crippen molar-refractivity contribution in [1.82, 2.24) is 10.6 Å². The van der Waals surface area contributed by atoms with Crippen LogP contribution in [0.1, 0.15) is 44.9 Å². The van der Waals surface area contributed by atoms with Crippen LogP contribution in [-0.2, 0) is 9.53 Å². The summed E-state index contributed by atoms with van der Waals surface area (Å²) in [6, 6.07) is 0. The average molecular weight is 292 g/mol. The Hall–Kier alpha value is -0.610. The molecule has 0 aromatic rings. The van der Waals surface area contributed by atoms with E-state index in [1.54, 1.807) is 0 Å². The fourth-order valence-corrected chi connectivity index (χ4v) is 5.82. The molecule has 4 heteroatoms. The van der Waals surface area contributed by atoms with Crippen LogP contribution >= 0.6 is 0 Å². The first-order chi connectivity index (χ1) is 10.2. The molecule has 0 spiro atoms. The standard InChI is InChI=1S/C17H28N2O2/c20-16(6-15-10-18-1-2-21-15)19-11-17-7-12-3-13(8-17)5-14(4-12)9-17/h12-15,18H,1-11H2,(H,19,20). The van der Waals surface area contributed by atoms with Gasteiger partial charge in [-0.2, -0.15) is 0 Å². The highest BCUT2D eigenvalue weighted by molar-refractivity contribution is 5.76. The van der Waals surface area contributed by atoms with Gasteiger partial charge in [0.15, 0.2) is 0 Å². The zero-order chi connectivity index (χ0) is 14.3. The zero-order valence-electron chi connectivity index (χ0n) is 12.9. The SMILES string of the molecule is O=C(CC1CNCCO1)NCC12CC3CC(CC(C3)C1)C2. The molecular formula is C17H28N2O2. The molecule has 0 aromatic carbocycles. The first-order valence-corrected chi connectivity index (χ1v) is 8.80. The monoisotopic (exact) mass is 292 g/mol. The van der Waals surface area contributed by atoms with Crippen LogP contribution in [0.3, 0.4) is 0 Å². The smallest absolute Gasteiger partial charge is 0.222 e. The predicted octanol–water partition coefficient (Wildman–Crippen LogP) is 1.70. The summed E-state index contributed by atoms with van der Waals surface area (Å²) in [5.41, 5.74) is 0.441. The normalized spacial score (nSPS) is 44.8. The van der Waals surface area contributed by atoms with Crippen molar-refractivity contribution in [3.63, 3.8) is 0 Å². The van der Waals surface area contributed by atoms with Gasteiger partial charge in [-0.05, 0) is 61.7 Å². The van der Waals surface area contributed by atoms with Crippen LogP contribution in [0.5, 0.6) is 0 Å². The minimum Gasteiger partial charge on any atom is -0.375 e. The van der Waals surface area contributed by atoms with Crippen LogP contribution in [0.2, 0.25) is 0 Å². The van der Waals surface area contributed by atoms with Crippen molar-refractivity contribution in [1.29, 1.82) is 0 Å². The second-order valence-corrected chi connectivity index (χ2v) is 8.10. The number of nitrogens with one attached hydrogen (secondary N) is 2. The minimum atomic E-state index is 0.0649. The largest absolute Gasteiger partial charge is 0.375 e. The second-order valence-electron chi connectivity index (χ2n) is 8.10. The summed E-state index contributed by atoms with van der Waals surface area (Å²) >= 11 is 0. The van der Waals surface area contributed by atoms with Crippen LogP contribution in [0.4, 0.5) is 0 Å². The third-order valence-electron chi connectivity index (χ3n) is 6.24. The van der Waals surface area contributed by atoms with E-state index >= 15 is 0 Å². The number of hydrogen-bond acceptors (Lipinski definition) is 3. The van der Waals surface area contributed by atoms with Gasteiger partial charge in [0, 0.05) is 19.6 Å². The van der Waals surface area contributed by atoms with E-state index in [0.29, 0.717) is 11.8 Å². The van der Waals surface area contributed by atoms with Gasteiger partial charge in [-0.25, -0.2) is 0 Å². The van der Waals surface area contributed by atoms with E-state index in [9.17, 15) is 4.79 Å². The molecule has 4 saturated carbocycles. The van der Waals surface area contributed by atoms with Crippen LogP contribution < -0.4 is 10.6 Å². The molecule has 1 aliphatic heterocycles. The van der Waals surface area contributed by atoms with Crippen molar-refractivity contribution in [2.45, 2.75) is 51.0 Å². The Morgan fingerprint density at radius 2 is 1.81 bits per heavy atom. The highest BCUT2D eigenvalue weighted by atomic mass is 16.5. The Morgan fingerprint density at radius 1 is 1.14 bits per heavy atom. The number of carbonyl (C=O) groups excluding carboxylic acids is 1. The molecule has 0 aromatic heterocycles. The maximum absolute atomic E-state index is 12.2. The molecule has 4 aliphatic carbocycles. The molecule has 2 N–H and O–H groups in total. The quantitative estimate of drug-likeness (QED) is 0.829. The third kappa shape index (κ3) is 2.98. The van der Waals surface area contributed by atoms with Crippen LogP contribution in [-0.4, -0.2) is 38.3 Å². The number of rotatable bonds is 4. The fraction of sp³-hybridized carbons (Fsp3) is 0.941. The zero-order valence-corrected chi connectivity index (χ0v) is 12.9. The van der Waals surface area contributed by atoms with Gasteiger partial charge in [-0.3, -0.25) is 4.79 Å². The summed E-state index contributed by atoms with van der Waals surface area (Å²) in [4.78, 5) is 12.2. The van der Waals surface area contributed by atoms with E-state index in [1.807, 2.05) is 0 Å². The van der Waals surface area contributed by atoms with Crippen molar-refractivity contribution >= 4 is 5.91 Å². The van der Waals surface area contributed by atoms with Gasteiger partial charge >= 0.3 is 0 Å². The lowest BCUT2D eigenvalue weighted by Gasteiger charge is -2.56. The summed E-state index contributed by atoms with van der Waals surface area (Å²) in [6.07, 6.45) is 9.06. The van der Waals surface area contributed by atoms with Gasteiger partial charge in [0.05, 0.1) is 19.1 Å². The molecular weight excluding hydrogens is 264 g/mol. The van der Waals surface area contributed by atoms with Crippen LogP contribution in [0.15, 0.2) is 0 Å². The summed E-state index contributed by atoms with van der Waals surface area (Å²) < 4.78 is 5.62. The lowest BCUT2D eigenvalue weighted by molar-refractivity contribution is -0.126. The highest BCUT2D eigenvalue weighted by Crippen LogP contribution is 2.59. The Labute approximate surface area is 127 Å². The summed E-state index contributed by atoms with van der Waals surface area (Å²) in [5.74, 6) is 3.05. The Bertz CT molecular complexity index is 368. The molecule has 5 rings (SSSR count). The van der Waals surface area contributed by atoms with E-state index in [4.69, 9.17) is 4.74 Å². The highest BCUT2D eigenvalue weighted by Gasteiger charge is 2.50. The number of morpholine rings is 1. The van der Waals surface area contributed by atoms with E-state index in [0.717, 1.165) is 44.0 Å². The maximum Gasteiger partial charge on any atom is 0.222 e. The average Bonchev–Trinajstić information content (AvgIpc) is 2.45. The third-order valence-corrected chi connectivity index (χ3v) is 6.24. The first-order valence-electron chi connectivity index (χ1n) is 8.80. The molecule has 1 atom stereocenters. The molecule has 21 heavy (non-hydrogen) atoms. The van der Waals surface area contributed by atoms with Crippen LogP contribution in [0.25, 0.3) is 0 Å². The number of ether oxygens (including phenoxy) is 1. The predicted molar refractivity (Wildman–Crippen MR) is 80.8 cm³/mol. The molecule has 1 amide bonds. The lowest BCUT2D eigenvalue weighted by atomic mass is 9.49. The van der Waals surface area contributed by atoms with Gasteiger partial charge in [0.2, 0.25) is 5.91 Å². The summed E-state index contributed by atoms with van der Waals surface area (Å²) in [5, 5.41) is 6.53. The van der Waals surface area contributed by atoms with E-state index < -0.39 is 0 Å². The molecule has 4 bridgehead atoms. The topological polar surface area (TPSA) is 50.4 Å². The second kappa shape index (κ2) is 5.54. The van der Waals surface area contributed by atoms with E-state index in [1.165, 1.54) is 38.5 Å². The Kier molecular flexibility index (Phi) is 3.70. The van der Waals surface area contributed by atoms with Crippen molar-refractivity contribution in [3.8, 4) is 0 Å². The van der Waals surface area contributed by atoms with Gasteiger partial charge in [-0.1, -0.05) is 0 Å². The van der Waals surface area contributed by atoms with Crippen LogP contribution in [0, 0.1) is 23.2 Å². The maximum atomic E-state index is 12.2.